The number of para-hydroxylation sites is 1. The van der Waals surface area contributed by atoms with Crippen LogP contribution in [0.4, 0.5) is 11.4 Å². The van der Waals surface area contributed by atoms with Gasteiger partial charge in [-0.05, 0) is 31.9 Å². The highest BCUT2D eigenvalue weighted by atomic mass is 15.1. The molecule has 1 aromatic rings. The van der Waals surface area contributed by atoms with E-state index in [2.05, 4.69) is 31.7 Å². The average Bonchev–Trinajstić information content (AvgIpc) is 2.22. The van der Waals surface area contributed by atoms with Crippen molar-refractivity contribution in [1.29, 1.82) is 0 Å². The molecular weight excluding hydrogens is 184 g/mol. The molecule has 84 valence electrons. The number of nitrogens with zero attached hydrogens (tertiary/aromatic N) is 1. The molecule has 1 rings (SSSR count). The topological polar surface area (TPSA) is 29.3 Å². The van der Waals surface area contributed by atoms with E-state index in [1.54, 1.807) is 0 Å². The molecule has 2 nitrogen and oxygen atoms in total. The monoisotopic (exact) mass is 206 g/mol. The molecule has 0 fully saturated rings. The van der Waals surface area contributed by atoms with E-state index in [-0.39, 0.29) is 0 Å². The van der Waals surface area contributed by atoms with E-state index in [9.17, 15) is 0 Å². The number of anilines is 2. The molecule has 0 saturated heterocycles. The summed E-state index contributed by atoms with van der Waals surface area (Å²) in [7, 11) is 0. The molecule has 0 amide bonds. The number of nitrogens with two attached hydrogens (primary N) is 1. The fourth-order valence-corrected chi connectivity index (χ4v) is 1.89. The minimum absolute atomic E-state index is 0.896. The number of nitrogen functional groups attached to an aromatic ring is 1. The summed E-state index contributed by atoms with van der Waals surface area (Å²) in [6.07, 6.45) is 2.45. The number of hydrogen-bond acceptors (Lipinski definition) is 2. The van der Waals surface area contributed by atoms with Crippen molar-refractivity contribution in [3.8, 4) is 0 Å². The Kier molecular flexibility index (Phi) is 4.47. The first-order valence-corrected chi connectivity index (χ1v) is 5.80. The smallest absolute Gasteiger partial charge is 0.0629 e. The Hall–Kier alpha value is -1.18. The van der Waals surface area contributed by atoms with Crippen molar-refractivity contribution in [1.82, 2.24) is 0 Å². The normalized spacial score (nSPS) is 10.3. The molecule has 0 aliphatic heterocycles. The van der Waals surface area contributed by atoms with E-state index >= 15 is 0 Å². The van der Waals surface area contributed by atoms with Gasteiger partial charge in [-0.2, -0.15) is 0 Å². The van der Waals surface area contributed by atoms with Crippen molar-refractivity contribution in [3.63, 3.8) is 0 Å². The van der Waals surface area contributed by atoms with Gasteiger partial charge in [0.15, 0.2) is 0 Å². The number of hydrogen-bond donors (Lipinski definition) is 1. The predicted molar refractivity (Wildman–Crippen MR) is 68.4 cm³/mol. The van der Waals surface area contributed by atoms with Crippen molar-refractivity contribution >= 4 is 11.4 Å². The number of benzene rings is 1. The Balaban J connectivity index is 2.90. The minimum atomic E-state index is 0.896. The van der Waals surface area contributed by atoms with Crippen molar-refractivity contribution in [3.05, 3.63) is 23.8 Å². The van der Waals surface area contributed by atoms with Crippen LogP contribution in [0.15, 0.2) is 18.2 Å². The molecule has 15 heavy (non-hydrogen) atoms. The summed E-state index contributed by atoms with van der Waals surface area (Å²) in [6.45, 7) is 8.65. The highest BCUT2D eigenvalue weighted by Gasteiger charge is 2.09. The molecule has 0 aliphatic carbocycles. The zero-order valence-electron chi connectivity index (χ0n) is 10.1. The Morgan fingerprint density at radius 1 is 1.27 bits per heavy atom. The largest absolute Gasteiger partial charge is 0.397 e. The highest BCUT2D eigenvalue weighted by molar-refractivity contribution is 5.71. The van der Waals surface area contributed by atoms with Gasteiger partial charge in [-0.3, -0.25) is 0 Å². The molecule has 0 radical (unpaired) electrons. The van der Waals surface area contributed by atoms with Crippen molar-refractivity contribution < 1.29 is 0 Å². The molecule has 0 unspecified atom stereocenters. The maximum absolute atomic E-state index is 6.03. The number of unbranched alkanes of at least 4 members (excludes halogenated alkanes) is 1. The van der Waals surface area contributed by atoms with Gasteiger partial charge in [-0.1, -0.05) is 25.5 Å². The van der Waals surface area contributed by atoms with Crippen LogP contribution in [-0.2, 0) is 0 Å². The minimum Gasteiger partial charge on any atom is -0.397 e. The lowest BCUT2D eigenvalue weighted by Crippen LogP contribution is -2.25. The zero-order valence-corrected chi connectivity index (χ0v) is 10.1. The molecule has 1 aromatic carbocycles. The second kappa shape index (κ2) is 5.64. The predicted octanol–water partition coefficient (Wildman–Crippen LogP) is 3.20. The lowest BCUT2D eigenvalue weighted by atomic mass is 10.1. The summed E-state index contributed by atoms with van der Waals surface area (Å²) in [5, 5.41) is 0. The van der Waals surface area contributed by atoms with Gasteiger partial charge in [0.1, 0.15) is 0 Å². The van der Waals surface area contributed by atoms with Crippen LogP contribution in [-0.4, -0.2) is 13.1 Å². The van der Waals surface area contributed by atoms with Crippen molar-refractivity contribution in [2.45, 2.75) is 33.6 Å². The van der Waals surface area contributed by atoms with Gasteiger partial charge in [-0.15, -0.1) is 0 Å². The summed E-state index contributed by atoms with van der Waals surface area (Å²) in [5.41, 5.74) is 9.41. The van der Waals surface area contributed by atoms with Crippen LogP contribution in [0, 0.1) is 6.92 Å². The Labute approximate surface area is 93.1 Å². The Bertz CT molecular complexity index is 287. The number of aryl methyl sites for hydroxylation is 1. The third-order valence-corrected chi connectivity index (χ3v) is 2.75. The van der Waals surface area contributed by atoms with Crippen LogP contribution >= 0.6 is 0 Å². The summed E-state index contributed by atoms with van der Waals surface area (Å²) < 4.78 is 0. The van der Waals surface area contributed by atoms with Gasteiger partial charge in [-0.25, -0.2) is 0 Å². The summed E-state index contributed by atoms with van der Waals surface area (Å²) in [4.78, 5) is 2.37. The van der Waals surface area contributed by atoms with Gasteiger partial charge in [0.05, 0.1) is 11.4 Å². The van der Waals surface area contributed by atoms with E-state index in [0.717, 1.165) is 18.8 Å². The van der Waals surface area contributed by atoms with E-state index in [0.29, 0.717) is 0 Å². The van der Waals surface area contributed by atoms with Crippen LogP contribution in [0.3, 0.4) is 0 Å². The summed E-state index contributed by atoms with van der Waals surface area (Å²) in [6, 6.07) is 6.12. The standard InChI is InChI=1S/C13H22N2/c1-4-6-10-15(5-2)13-11(3)8-7-9-12(13)14/h7-9H,4-6,10,14H2,1-3H3. The zero-order chi connectivity index (χ0) is 11.3. The molecule has 0 saturated carbocycles. The SMILES string of the molecule is CCCCN(CC)c1c(C)cccc1N. The van der Waals surface area contributed by atoms with Crippen LogP contribution in [0.5, 0.6) is 0 Å². The fraction of sp³-hybridized carbons (Fsp3) is 0.538. The highest BCUT2D eigenvalue weighted by Crippen LogP contribution is 2.27. The second-order valence-electron chi connectivity index (χ2n) is 3.95. The molecule has 0 spiro atoms. The van der Waals surface area contributed by atoms with Crippen molar-refractivity contribution in [2.24, 2.45) is 0 Å². The Morgan fingerprint density at radius 3 is 2.53 bits per heavy atom. The quantitative estimate of drug-likeness (QED) is 0.750. The molecule has 0 atom stereocenters. The third-order valence-electron chi connectivity index (χ3n) is 2.75. The lowest BCUT2D eigenvalue weighted by molar-refractivity contribution is 0.731. The van der Waals surface area contributed by atoms with Gasteiger partial charge in [0.2, 0.25) is 0 Å². The van der Waals surface area contributed by atoms with Crippen LogP contribution in [0.1, 0.15) is 32.3 Å². The van der Waals surface area contributed by atoms with Gasteiger partial charge < -0.3 is 10.6 Å². The van der Waals surface area contributed by atoms with Gasteiger partial charge in [0, 0.05) is 13.1 Å². The van der Waals surface area contributed by atoms with Crippen LogP contribution < -0.4 is 10.6 Å². The molecular formula is C13H22N2. The second-order valence-corrected chi connectivity index (χ2v) is 3.95. The summed E-state index contributed by atoms with van der Waals surface area (Å²) in [5.74, 6) is 0. The maximum atomic E-state index is 6.03. The van der Waals surface area contributed by atoms with E-state index < -0.39 is 0 Å². The fourth-order valence-electron chi connectivity index (χ4n) is 1.89. The van der Waals surface area contributed by atoms with Gasteiger partial charge in [0.25, 0.3) is 0 Å². The van der Waals surface area contributed by atoms with Crippen LogP contribution in [0.25, 0.3) is 0 Å². The van der Waals surface area contributed by atoms with Gasteiger partial charge >= 0.3 is 0 Å². The Morgan fingerprint density at radius 2 is 2.00 bits per heavy atom. The maximum Gasteiger partial charge on any atom is 0.0629 e. The van der Waals surface area contributed by atoms with E-state index in [1.165, 1.54) is 24.1 Å². The van der Waals surface area contributed by atoms with E-state index in [1.807, 2.05) is 12.1 Å². The molecule has 0 aliphatic rings. The molecule has 0 aromatic heterocycles. The first-order chi connectivity index (χ1) is 7.20. The number of rotatable bonds is 5. The third kappa shape index (κ3) is 2.88. The first-order valence-electron chi connectivity index (χ1n) is 5.80. The van der Waals surface area contributed by atoms with Crippen LogP contribution in [0.2, 0.25) is 0 Å². The lowest BCUT2D eigenvalue weighted by Gasteiger charge is -2.26. The van der Waals surface area contributed by atoms with Crippen molar-refractivity contribution in [2.75, 3.05) is 23.7 Å². The first kappa shape index (κ1) is 11.9. The molecule has 0 bridgehead atoms. The molecule has 2 heteroatoms. The molecule has 2 N–H and O–H groups in total. The molecule has 0 heterocycles. The van der Waals surface area contributed by atoms with E-state index in [4.69, 9.17) is 5.73 Å². The average molecular weight is 206 g/mol. The summed E-state index contributed by atoms with van der Waals surface area (Å²) >= 11 is 0.